The van der Waals surface area contributed by atoms with Crippen LogP contribution in [0.4, 0.5) is 0 Å². The Balaban J connectivity index is 4.02. The Morgan fingerprint density at radius 1 is 0.386 bits per heavy atom. The van der Waals surface area contributed by atoms with Crippen molar-refractivity contribution < 1.29 is 42.1 Å². The molecule has 9 nitrogen and oxygen atoms in total. The van der Waals surface area contributed by atoms with E-state index in [0.717, 1.165) is 38.5 Å². The Morgan fingerprint density at radius 3 is 0.914 bits per heavy atom. The van der Waals surface area contributed by atoms with Gasteiger partial charge < -0.3 is 18.9 Å². The number of ether oxygens (including phenoxy) is 2. The maximum absolute atomic E-state index is 12.8. The number of phosphoric ester groups is 1. The molecule has 1 N–H and O–H groups in total. The molecule has 0 bridgehead atoms. The first kappa shape index (κ1) is 69.0. The van der Waals surface area contributed by atoms with Crippen molar-refractivity contribution in [1.82, 2.24) is 0 Å². The maximum atomic E-state index is 12.8. The molecule has 0 saturated heterocycles. The van der Waals surface area contributed by atoms with Gasteiger partial charge in [-0.1, -0.05) is 296 Å². The van der Waals surface area contributed by atoms with E-state index in [1.54, 1.807) is 0 Å². The molecule has 0 fully saturated rings. The minimum atomic E-state index is -4.38. The predicted octanol–water partition coefficient (Wildman–Crippen LogP) is 19.0. The third-order valence-corrected chi connectivity index (χ3v) is 15.1. The summed E-state index contributed by atoms with van der Waals surface area (Å²) in [4.78, 5) is 35.7. The number of likely N-dealkylation sites (N-methyl/N-ethyl adjacent to an activating group) is 1. The highest BCUT2D eigenvalue weighted by atomic mass is 31.2. The Hall–Kier alpha value is -0.990. The van der Waals surface area contributed by atoms with Crippen LogP contribution in [0, 0.1) is 0 Å². The summed E-state index contributed by atoms with van der Waals surface area (Å²) in [7, 11) is 1.50. The minimum absolute atomic E-state index is 0.0374. The van der Waals surface area contributed by atoms with Gasteiger partial charge in [0.1, 0.15) is 19.8 Å². The summed E-state index contributed by atoms with van der Waals surface area (Å²) in [6.07, 6.45) is 60.4. The quantitative estimate of drug-likeness (QED) is 0.0278. The molecule has 0 rings (SSSR count). The van der Waals surface area contributed by atoms with Crippen LogP contribution in [0.2, 0.25) is 0 Å². The highest BCUT2D eigenvalue weighted by Gasteiger charge is 2.27. The summed E-state index contributed by atoms with van der Waals surface area (Å²) in [5, 5.41) is 0. The van der Waals surface area contributed by atoms with Gasteiger partial charge >= 0.3 is 19.8 Å². The minimum Gasteiger partial charge on any atom is -0.462 e. The van der Waals surface area contributed by atoms with Crippen molar-refractivity contribution in [3.05, 3.63) is 0 Å². The van der Waals surface area contributed by atoms with Gasteiger partial charge in [0, 0.05) is 12.8 Å². The van der Waals surface area contributed by atoms with E-state index < -0.39 is 26.5 Å². The number of unbranched alkanes of at least 4 members (excludes halogenated alkanes) is 44. The number of rotatable bonds is 58. The molecule has 0 radical (unpaired) electrons. The molecular formula is C60H121NO8P+. The lowest BCUT2D eigenvalue weighted by molar-refractivity contribution is -0.870. The molecule has 0 aliphatic rings. The molecule has 418 valence electrons. The predicted molar refractivity (Wildman–Crippen MR) is 298 cm³/mol. The zero-order valence-corrected chi connectivity index (χ0v) is 48.4. The van der Waals surface area contributed by atoms with Crippen molar-refractivity contribution in [2.24, 2.45) is 0 Å². The first-order valence-corrected chi connectivity index (χ1v) is 32.3. The molecule has 0 aliphatic heterocycles. The van der Waals surface area contributed by atoms with E-state index in [2.05, 4.69) is 13.8 Å². The van der Waals surface area contributed by atoms with Gasteiger partial charge in [0.05, 0.1) is 27.7 Å². The van der Waals surface area contributed by atoms with Crippen molar-refractivity contribution in [1.29, 1.82) is 0 Å². The lowest BCUT2D eigenvalue weighted by atomic mass is 10.0. The Morgan fingerprint density at radius 2 is 0.643 bits per heavy atom. The van der Waals surface area contributed by atoms with Gasteiger partial charge in [-0.2, -0.15) is 0 Å². The fourth-order valence-corrected chi connectivity index (χ4v) is 10.1. The Kier molecular flexibility index (Phi) is 52.1. The van der Waals surface area contributed by atoms with Crippen molar-refractivity contribution >= 4 is 19.8 Å². The Bertz CT molecular complexity index is 1150. The molecular weight excluding hydrogens is 894 g/mol. The molecule has 0 aliphatic carbocycles. The summed E-state index contributed by atoms with van der Waals surface area (Å²) in [5.41, 5.74) is 0. The van der Waals surface area contributed by atoms with Crippen molar-refractivity contribution in [3.63, 3.8) is 0 Å². The van der Waals surface area contributed by atoms with Crippen LogP contribution < -0.4 is 0 Å². The molecule has 0 spiro atoms. The van der Waals surface area contributed by atoms with Gasteiger partial charge in [-0.05, 0) is 12.8 Å². The Labute approximate surface area is 435 Å². The monoisotopic (exact) mass is 1010 g/mol. The molecule has 10 heteroatoms. The van der Waals surface area contributed by atoms with E-state index in [0.29, 0.717) is 17.4 Å². The zero-order valence-electron chi connectivity index (χ0n) is 47.5. The normalized spacial score (nSPS) is 13.2. The van der Waals surface area contributed by atoms with E-state index >= 15 is 0 Å². The summed E-state index contributed by atoms with van der Waals surface area (Å²) in [6, 6.07) is 0. The van der Waals surface area contributed by atoms with Crippen LogP contribution >= 0.6 is 7.82 Å². The highest BCUT2D eigenvalue weighted by Crippen LogP contribution is 2.43. The van der Waals surface area contributed by atoms with Gasteiger partial charge in [0.15, 0.2) is 6.10 Å². The van der Waals surface area contributed by atoms with Crippen LogP contribution in [0.15, 0.2) is 0 Å². The number of phosphoric acid groups is 1. The van der Waals surface area contributed by atoms with Crippen LogP contribution in [0.5, 0.6) is 0 Å². The number of hydrogen-bond acceptors (Lipinski definition) is 7. The fourth-order valence-electron chi connectivity index (χ4n) is 9.37. The number of carbonyl (C=O) groups is 2. The smallest absolute Gasteiger partial charge is 0.462 e. The molecule has 0 heterocycles. The second kappa shape index (κ2) is 52.9. The molecule has 2 unspecified atom stereocenters. The van der Waals surface area contributed by atoms with Gasteiger partial charge in [-0.15, -0.1) is 0 Å². The summed E-state index contributed by atoms with van der Waals surface area (Å²) in [5.74, 6) is -0.772. The number of quaternary nitrogens is 1. The SMILES string of the molecule is CCCCCCCCCCCCCCCCCCCCCCCCCCCCCCCC(=O)OC(COC(=O)CCCCCCCCCCCCCCCCCCC)COP(=O)(O)OCC[N+](C)(C)C. The average molecular weight is 1020 g/mol. The standard InChI is InChI=1S/C60H120NO8P/c1-6-8-10-12-14-16-18-20-22-24-25-26-27-28-29-30-31-32-33-34-35-37-39-41-43-45-47-49-51-53-60(63)69-58(57-68-70(64,65)67-55-54-61(3,4)5)56-66-59(62)52-50-48-46-44-42-40-38-36-23-21-19-17-15-13-11-9-7-2/h58H,6-57H2,1-5H3/p+1. The third kappa shape index (κ3) is 56.3. The molecule has 0 aromatic rings. The largest absolute Gasteiger partial charge is 0.472 e. The first-order valence-electron chi connectivity index (χ1n) is 30.8. The summed E-state index contributed by atoms with van der Waals surface area (Å²) >= 11 is 0. The second-order valence-corrected chi connectivity index (χ2v) is 23.9. The average Bonchev–Trinajstić information content (AvgIpc) is 3.32. The van der Waals surface area contributed by atoms with Gasteiger partial charge in [-0.25, -0.2) is 4.57 Å². The summed E-state index contributed by atoms with van der Waals surface area (Å²) in [6.45, 7) is 4.51. The van der Waals surface area contributed by atoms with Crippen molar-refractivity contribution in [2.45, 2.75) is 328 Å². The number of nitrogens with zero attached hydrogens (tertiary/aromatic N) is 1. The third-order valence-electron chi connectivity index (χ3n) is 14.1. The van der Waals surface area contributed by atoms with Gasteiger partial charge in [0.25, 0.3) is 0 Å². The van der Waals surface area contributed by atoms with E-state index in [1.165, 1.54) is 257 Å². The number of hydrogen-bond donors (Lipinski definition) is 1. The van der Waals surface area contributed by atoms with Crippen LogP contribution in [-0.4, -0.2) is 74.9 Å². The molecule has 2 atom stereocenters. The van der Waals surface area contributed by atoms with Gasteiger partial charge in [-0.3, -0.25) is 18.6 Å². The molecule has 0 aromatic carbocycles. The molecule has 0 aromatic heterocycles. The topological polar surface area (TPSA) is 108 Å². The van der Waals surface area contributed by atoms with Crippen LogP contribution in [-0.2, 0) is 32.7 Å². The van der Waals surface area contributed by atoms with Crippen molar-refractivity contribution in [3.8, 4) is 0 Å². The molecule has 0 amide bonds. The van der Waals surface area contributed by atoms with Crippen LogP contribution in [0.25, 0.3) is 0 Å². The lowest BCUT2D eigenvalue weighted by Crippen LogP contribution is -2.37. The van der Waals surface area contributed by atoms with Crippen molar-refractivity contribution in [2.75, 3.05) is 47.5 Å². The fraction of sp³-hybridized carbons (Fsp3) is 0.967. The van der Waals surface area contributed by atoms with Crippen LogP contribution in [0.1, 0.15) is 322 Å². The highest BCUT2D eigenvalue weighted by molar-refractivity contribution is 7.47. The summed E-state index contributed by atoms with van der Waals surface area (Å²) < 4.78 is 34.6. The van der Waals surface area contributed by atoms with E-state index in [1.807, 2.05) is 21.1 Å². The number of esters is 2. The van der Waals surface area contributed by atoms with E-state index in [9.17, 15) is 19.0 Å². The molecule has 0 saturated carbocycles. The maximum Gasteiger partial charge on any atom is 0.472 e. The first-order chi connectivity index (χ1) is 34.0. The lowest BCUT2D eigenvalue weighted by Gasteiger charge is -2.24. The van der Waals surface area contributed by atoms with Gasteiger partial charge in [0.2, 0.25) is 0 Å². The van der Waals surface area contributed by atoms with Crippen LogP contribution in [0.3, 0.4) is 0 Å². The van der Waals surface area contributed by atoms with E-state index in [-0.39, 0.29) is 25.6 Å². The molecule has 70 heavy (non-hydrogen) atoms. The zero-order chi connectivity index (χ0) is 51.3. The number of carbonyl (C=O) groups excluding carboxylic acids is 2. The van der Waals surface area contributed by atoms with E-state index in [4.69, 9.17) is 18.5 Å². The second-order valence-electron chi connectivity index (χ2n) is 22.5.